The first-order chi connectivity index (χ1) is 13.3. The summed E-state index contributed by atoms with van der Waals surface area (Å²) in [6.45, 7) is 3.52. The Labute approximate surface area is 165 Å². The molecule has 0 fully saturated rings. The van der Waals surface area contributed by atoms with Crippen molar-refractivity contribution in [3.05, 3.63) is 75.1 Å². The maximum Gasteiger partial charge on any atom is 0.275 e. The minimum Gasteiger partial charge on any atom is -0.457 e. The molecule has 0 saturated heterocycles. The highest BCUT2D eigenvalue weighted by Crippen LogP contribution is 2.31. The smallest absolute Gasteiger partial charge is 0.275 e. The summed E-state index contributed by atoms with van der Waals surface area (Å²) < 4.78 is 7.17. The third-order valence-corrected chi connectivity index (χ3v) is 4.27. The maximum atomic E-state index is 12.3. The fraction of sp³-hybridized carbons (Fsp3) is 0.158. The van der Waals surface area contributed by atoms with Crippen molar-refractivity contribution in [2.45, 2.75) is 20.4 Å². The van der Waals surface area contributed by atoms with Gasteiger partial charge in [-0.05, 0) is 25.5 Å². The van der Waals surface area contributed by atoms with Crippen molar-refractivity contribution in [1.82, 2.24) is 9.78 Å². The van der Waals surface area contributed by atoms with E-state index in [9.17, 15) is 14.9 Å². The predicted molar refractivity (Wildman–Crippen MR) is 105 cm³/mol. The lowest BCUT2D eigenvalue weighted by molar-refractivity contribution is -0.384. The van der Waals surface area contributed by atoms with Crippen LogP contribution in [-0.4, -0.2) is 20.6 Å². The summed E-state index contributed by atoms with van der Waals surface area (Å²) in [7, 11) is 0. The first-order valence-electron chi connectivity index (χ1n) is 8.34. The summed E-state index contributed by atoms with van der Waals surface area (Å²) in [6.07, 6.45) is 1.54. The SMILES string of the molecule is Cc1ccccc1Oc1cc(NC(=O)Cn2cc(Cl)c(C)n2)cc([N+](=O)[O-])c1. The molecule has 0 aliphatic heterocycles. The number of aromatic nitrogens is 2. The van der Waals surface area contributed by atoms with E-state index in [1.807, 2.05) is 19.1 Å². The quantitative estimate of drug-likeness (QED) is 0.485. The Kier molecular flexibility index (Phi) is 5.60. The Hall–Kier alpha value is -3.39. The summed E-state index contributed by atoms with van der Waals surface area (Å²) in [5.74, 6) is 0.417. The molecular weight excluding hydrogens is 384 g/mol. The third-order valence-electron chi connectivity index (χ3n) is 3.90. The number of para-hydroxylation sites is 1. The van der Waals surface area contributed by atoms with Crippen LogP contribution in [0.5, 0.6) is 11.5 Å². The molecule has 3 rings (SSSR count). The van der Waals surface area contributed by atoms with E-state index in [1.54, 1.807) is 19.1 Å². The van der Waals surface area contributed by atoms with Gasteiger partial charge in [-0.1, -0.05) is 29.8 Å². The number of aryl methyl sites for hydroxylation is 2. The number of hydrogen-bond donors (Lipinski definition) is 1. The van der Waals surface area contributed by atoms with Crippen molar-refractivity contribution in [1.29, 1.82) is 0 Å². The van der Waals surface area contributed by atoms with E-state index in [1.165, 1.54) is 29.1 Å². The number of nitro groups is 1. The molecule has 1 heterocycles. The van der Waals surface area contributed by atoms with Crippen LogP contribution in [0.15, 0.2) is 48.7 Å². The Balaban J connectivity index is 1.81. The molecule has 144 valence electrons. The third kappa shape index (κ3) is 4.66. The minimum absolute atomic E-state index is 0.0791. The number of ether oxygens (including phenoxy) is 1. The van der Waals surface area contributed by atoms with Crippen LogP contribution in [0.2, 0.25) is 5.02 Å². The molecule has 1 N–H and O–H groups in total. The molecule has 0 aliphatic carbocycles. The first-order valence-corrected chi connectivity index (χ1v) is 8.72. The number of nitro benzene ring substituents is 1. The van der Waals surface area contributed by atoms with Crippen LogP contribution in [0.1, 0.15) is 11.3 Å². The average Bonchev–Trinajstić information content (AvgIpc) is 2.93. The van der Waals surface area contributed by atoms with E-state index in [2.05, 4.69) is 10.4 Å². The fourth-order valence-corrected chi connectivity index (χ4v) is 2.69. The number of nitrogens with one attached hydrogen (secondary N) is 1. The highest BCUT2D eigenvalue weighted by Gasteiger charge is 2.14. The van der Waals surface area contributed by atoms with Gasteiger partial charge >= 0.3 is 0 Å². The molecule has 0 radical (unpaired) electrons. The Morgan fingerprint density at radius 3 is 2.68 bits per heavy atom. The molecular formula is C19H17ClN4O4. The number of hydrogen-bond acceptors (Lipinski definition) is 5. The number of anilines is 1. The molecule has 1 amide bonds. The molecule has 9 heteroatoms. The Morgan fingerprint density at radius 2 is 2.04 bits per heavy atom. The molecule has 0 unspecified atom stereocenters. The number of nitrogens with zero attached hydrogens (tertiary/aromatic N) is 3. The molecule has 1 aromatic heterocycles. The van der Waals surface area contributed by atoms with Crippen molar-refractivity contribution in [2.75, 3.05) is 5.32 Å². The number of non-ortho nitro benzene ring substituents is 1. The van der Waals surface area contributed by atoms with E-state index in [0.29, 0.717) is 16.5 Å². The van der Waals surface area contributed by atoms with Crippen molar-refractivity contribution in [3.63, 3.8) is 0 Å². The van der Waals surface area contributed by atoms with Gasteiger partial charge in [-0.3, -0.25) is 19.6 Å². The van der Waals surface area contributed by atoms with Gasteiger partial charge in [0, 0.05) is 18.3 Å². The first kappa shape index (κ1) is 19.4. The average molecular weight is 401 g/mol. The predicted octanol–water partition coefficient (Wildman–Crippen LogP) is 4.49. The van der Waals surface area contributed by atoms with Crippen LogP contribution >= 0.6 is 11.6 Å². The van der Waals surface area contributed by atoms with Crippen LogP contribution < -0.4 is 10.1 Å². The molecule has 8 nitrogen and oxygen atoms in total. The molecule has 0 aliphatic rings. The topological polar surface area (TPSA) is 99.3 Å². The van der Waals surface area contributed by atoms with E-state index in [-0.39, 0.29) is 23.7 Å². The lowest BCUT2D eigenvalue weighted by atomic mass is 10.2. The number of rotatable bonds is 6. The van der Waals surface area contributed by atoms with Gasteiger partial charge in [-0.2, -0.15) is 5.10 Å². The number of amides is 1. The number of carbonyl (C=O) groups is 1. The van der Waals surface area contributed by atoms with Gasteiger partial charge in [0.15, 0.2) is 0 Å². The normalized spacial score (nSPS) is 10.5. The summed E-state index contributed by atoms with van der Waals surface area (Å²) in [4.78, 5) is 23.0. The Bertz CT molecular complexity index is 1030. The maximum absolute atomic E-state index is 12.3. The summed E-state index contributed by atoms with van der Waals surface area (Å²) in [5, 5.41) is 18.4. The molecule has 0 spiro atoms. The van der Waals surface area contributed by atoms with E-state index in [0.717, 1.165) is 5.56 Å². The van der Waals surface area contributed by atoms with Gasteiger partial charge in [0.2, 0.25) is 5.91 Å². The zero-order chi connectivity index (χ0) is 20.3. The monoisotopic (exact) mass is 400 g/mol. The lowest BCUT2D eigenvalue weighted by Crippen LogP contribution is -2.19. The fourth-order valence-electron chi connectivity index (χ4n) is 2.54. The van der Waals surface area contributed by atoms with Gasteiger partial charge in [-0.15, -0.1) is 0 Å². The van der Waals surface area contributed by atoms with Crippen molar-refractivity contribution >= 4 is 28.9 Å². The van der Waals surface area contributed by atoms with Gasteiger partial charge in [0.25, 0.3) is 5.69 Å². The summed E-state index contributed by atoms with van der Waals surface area (Å²) in [5.41, 5.74) is 1.54. The second-order valence-corrected chi connectivity index (χ2v) is 6.56. The van der Waals surface area contributed by atoms with Crippen molar-refractivity contribution in [3.8, 4) is 11.5 Å². The lowest BCUT2D eigenvalue weighted by Gasteiger charge is -2.11. The highest BCUT2D eigenvalue weighted by atomic mass is 35.5. The van der Waals surface area contributed by atoms with Crippen LogP contribution in [0.3, 0.4) is 0 Å². The summed E-state index contributed by atoms with van der Waals surface area (Å²) >= 11 is 5.93. The van der Waals surface area contributed by atoms with Gasteiger partial charge in [-0.25, -0.2) is 0 Å². The summed E-state index contributed by atoms with van der Waals surface area (Å²) in [6, 6.07) is 11.4. The van der Waals surface area contributed by atoms with E-state index in [4.69, 9.17) is 16.3 Å². The van der Waals surface area contributed by atoms with Gasteiger partial charge in [0.1, 0.15) is 18.0 Å². The van der Waals surface area contributed by atoms with E-state index >= 15 is 0 Å². The zero-order valence-electron chi connectivity index (χ0n) is 15.2. The molecule has 0 atom stereocenters. The van der Waals surface area contributed by atoms with Gasteiger partial charge < -0.3 is 10.1 Å². The number of halogens is 1. The van der Waals surface area contributed by atoms with Crippen LogP contribution in [0, 0.1) is 24.0 Å². The van der Waals surface area contributed by atoms with Crippen molar-refractivity contribution < 1.29 is 14.5 Å². The van der Waals surface area contributed by atoms with Crippen LogP contribution in [0.4, 0.5) is 11.4 Å². The van der Waals surface area contributed by atoms with E-state index < -0.39 is 10.8 Å². The van der Waals surface area contributed by atoms with Gasteiger partial charge in [0.05, 0.1) is 27.4 Å². The second kappa shape index (κ2) is 8.10. The second-order valence-electron chi connectivity index (χ2n) is 6.15. The van der Waals surface area contributed by atoms with Crippen molar-refractivity contribution in [2.24, 2.45) is 0 Å². The Morgan fingerprint density at radius 1 is 1.29 bits per heavy atom. The molecule has 3 aromatic rings. The van der Waals surface area contributed by atoms with Crippen LogP contribution in [-0.2, 0) is 11.3 Å². The highest BCUT2D eigenvalue weighted by molar-refractivity contribution is 6.31. The largest absolute Gasteiger partial charge is 0.457 e. The standard InChI is InChI=1S/C19H17ClN4O4/c1-12-5-3-4-6-18(12)28-16-8-14(7-15(9-16)24(26)27)21-19(25)11-23-10-17(20)13(2)22-23/h3-10H,11H2,1-2H3,(H,21,25). The molecule has 0 saturated carbocycles. The van der Waals surface area contributed by atoms with Crippen LogP contribution in [0.25, 0.3) is 0 Å². The molecule has 2 aromatic carbocycles. The number of benzene rings is 2. The minimum atomic E-state index is -0.545. The molecule has 28 heavy (non-hydrogen) atoms. The molecule has 0 bridgehead atoms. The number of carbonyl (C=O) groups excluding carboxylic acids is 1. The zero-order valence-corrected chi connectivity index (χ0v) is 15.9.